The first-order chi connectivity index (χ1) is 13.1. The number of cyclic esters (lactones) is 1. The van der Waals surface area contributed by atoms with Gasteiger partial charge in [0.15, 0.2) is 0 Å². The van der Waals surface area contributed by atoms with Gasteiger partial charge in [0.05, 0.1) is 5.41 Å². The topological polar surface area (TPSA) is 45.7 Å². The van der Waals surface area contributed by atoms with Crippen LogP contribution in [0.1, 0.15) is 50.6 Å². The van der Waals surface area contributed by atoms with Crippen LogP contribution in [-0.2, 0) is 9.53 Å². The van der Waals surface area contributed by atoms with Crippen molar-refractivity contribution in [2.24, 2.45) is 10.8 Å². The Balaban J connectivity index is 1.06. The van der Waals surface area contributed by atoms with Crippen molar-refractivity contribution in [1.29, 1.82) is 0 Å². The van der Waals surface area contributed by atoms with E-state index in [1.165, 1.54) is 38.0 Å². The summed E-state index contributed by atoms with van der Waals surface area (Å²) in [5, 5.41) is 0. The molecule has 0 radical (unpaired) electrons. The van der Waals surface area contributed by atoms with E-state index in [9.17, 15) is 4.79 Å². The third-order valence-corrected chi connectivity index (χ3v) is 7.32. The molecule has 0 bridgehead atoms. The van der Waals surface area contributed by atoms with Crippen LogP contribution in [0, 0.1) is 17.8 Å². The molecule has 1 unspecified atom stereocenters. The minimum Gasteiger partial charge on any atom is -0.462 e. The minimum atomic E-state index is -0.115. The molecule has 5 rings (SSSR count). The largest absolute Gasteiger partial charge is 0.462 e. The monoisotopic (exact) mass is 369 g/mol. The van der Waals surface area contributed by atoms with Crippen LogP contribution in [0.25, 0.3) is 0 Å². The average Bonchev–Trinajstić information content (AvgIpc) is 2.88. The molecular weight excluding hydrogens is 338 g/mol. The molecule has 4 heterocycles. The molecule has 0 aromatic carbocycles. The fourth-order valence-electron chi connectivity index (χ4n) is 5.90. The van der Waals surface area contributed by atoms with Crippen LogP contribution in [0.15, 0.2) is 18.3 Å². The SMILES string of the molecule is Cc1cc(N2CC3(CN(CCC4CC5(CCCCC5)C(=O)O4)C3)C2)ccn1. The third kappa shape index (κ3) is 3.14. The average molecular weight is 370 g/mol. The number of hydrogen-bond acceptors (Lipinski definition) is 5. The summed E-state index contributed by atoms with van der Waals surface area (Å²) in [5.74, 6) is 0.106. The summed E-state index contributed by atoms with van der Waals surface area (Å²) < 4.78 is 5.77. The minimum absolute atomic E-state index is 0.106. The Bertz CT molecular complexity index is 714. The lowest BCUT2D eigenvalue weighted by Gasteiger charge is -2.61. The fraction of sp³-hybridized carbons (Fsp3) is 0.727. The third-order valence-electron chi connectivity index (χ3n) is 7.32. The van der Waals surface area contributed by atoms with Crippen molar-refractivity contribution in [2.45, 2.75) is 58.0 Å². The van der Waals surface area contributed by atoms with Crippen LogP contribution >= 0.6 is 0 Å². The number of anilines is 1. The maximum Gasteiger partial charge on any atom is 0.312 e. The molecule has 146 valence electrons. The number of pyridine rings is 1. The standard InChI is InChI=1S/C22H31N3O2/c1-17-11-18(5-9-23-17)25-15-21(16-25)13-24(14-21)10-6-19-12-22(20(26)27-19)7-3-2-4-8-22/h5,9,11,19H,2-4,6-8,10,12-16H2,1H3. The number of likely N-dealkylation sites (tertiary alicyclic amines) is 1. The Morgan fingerprint density at radius 2 is 1.96 bits per heavy atom. The summed E-state index contributed by atoms with van der Waals surface area (Å²) in [6, 6.07) is 4.30. The normalized spacial score (nSPS) is 28.9. The van der Waals surface area contributed by atoms with Crippen LogP contribution < -0.4 is 4.90 Å². The predicted molar refractivity (Wildman–Crippen MR) is 105 cm³/mol. The van der Waals surface area contributed by atoms with Crippen molar-refractivity contribution in [1.82, 2.24) is 9.88 Å². The van der Waals surface area contributed by atoms with Gasteiger partial charge in [-0.2, -0.15) is 0 Å². The van der Waals surface area contributed by atoms with Gasteiger partial charge < -0.3 is 14.5 Å². The number of esters is 1. The van der Waals surface area contributed by atoms with Crippen molar-refractivity contribution in [3.05, 3.63) is 24.0 Å². The molecule has 1 atom stereocenters. The molecular formula is C22H31N3O2. The number of ether oxygens (including phenoxy) is 1. The maximum atomic E-state index is 12.4. The Hall–Kier alpha value is -1.62. The predicted octanol–water partition coefficient (Wildman–Crippen LogP) is 3.17. The van der Waals surface area contributed by atoms with Crippen LogP contribution in [-0.4, -0.2) is 54.7 Å². The van der Waals surface area contributed by atoms with E-state index in [0.717, 1.165) is 51.0 Å². The number of rotatable bonds is 4. The zero-order valence-electron chi connectivity index (χ0n) is 16.5. The van der Waals surface area contributed by atoms with Gasteiger partial charge in [-0.25, -0.2) is 0 Å². The van der Waals surface area contributed by atoms with Crippen LogP contribution in [0.5, 0.6) is 0 Å². The van der Waals surface area contributed by atoms with Crippen molar-refractivity contribution >= 4 is 11.7 Å². The molecule has 3 aliphatic heterocycles. The quantitative estimate of drug-likeness (QED) is 0.763. The molecule has 1 aromatic heterocycles. The molecule has 1 aliphatic carbocycles. The highest BCUT2D eigenvalue weighted by atomic mass is 16.6. The molecule has 0 amide bonds. The number of carbonyl (C=O) groups is 1. The zero-order valence-corrected chi connectivity index (χ0v) is 16.5. The van der Waals surface area contributed by atoms with Gasteiger partial charge in [-0.05, 0) is 38.3 Å². The molecule has 1 saturated carbocycles. The lowest BCUT2D eigenvalue weighted by Crippen LogP contribution is -2.72. The van der Waals surface area contributed by atoms with E-state index < -0.39 is 0 Å². The van der Waals surface area contributed by atoms with Gasteiger partial charge in [-0.15, -0.1) is 0 Å². The number of aromatic nitrogens is 1. The number of aryl methyl sites for hydroxylation is 1. The maximum absolute atomic E-state index is 12.4. The molecule has 2 spiro atoms. The van der Waals surface area contributed by atoms with Gasteiger partial charge in [0.2, 0.25) is 0 Å². The second-order valence-corrected chi connectivity index (χ2v) is 9.58. The molecule has 1 aromatic rings. The van der Waals surface area contributed by atoms with E-state index in [2.05, 4.69) is 33.8 Å². The van der Waals surface area contributed by atoms with Gasteiger partial charge in [-0.1, -0.05) is 19.3 Å². The fourth-order valence-corrected chi connectivity index (χ4v) is 5.90. The van der Waals surface area contributed by atoms with Crippen molar-refractivity contribution in [3.63, 3.8) is 0 Å². The van der Waals surface area contributed by atoms with Crippen molar-refractivity contribution in [2.75, 3.05) is 37.6 Å². The van der Waals surface area contributed by atoms with Crippen molar-refractivity contribution < 1.29 is 9.53 Å². The van der Waals surface area contributed by atoms with Gasteiger partial charge in [0.25, 0.3) is 0 Å². The van der Waals surface area contributed by atoms with E-state index >= 15 is 0 Å². The van der Waals surface area contributed by atoms with Crippen LogP contribution in [0.4, 0.5) is 5.69 Å². The summed E-state index contributed by atoms with van der Waals surface area (Å²) in [6.07, 6.45) is 9.84. The van der Waals surface area contributed by atoms with E-state index in [4.69, 9.17) is 4.74 Å². The highest BCUT2D eigenvalue weighted by Crippen LogP contribution is 2.47. The Labute approximate surface area is 162 Å². The smallest absolute Gasteiger partial charge is 0.312 e. The van der Waals surface area contributed by atoms with E-state index in [1.54, 1.807) is 0 Å². The first-order valence-corrected chi connectivity index (χ1v) is 10.7. The number of hydrogen-bond donors (Lipinski definition) is 0. The van der Waals surface area contributed by atoms with Crippen LogP contribution in [0.3, 0.4) is 0 Å². The Kier molecular flexibility index (Phi) is 4.19. The summed E-state index contributed by atoms with van der Waals surface area (Å²) >= 11 is 0. The molecule has 5 heteroatoms. The van der Waals surface area contributed by atoms with E-state index in [0.29, 0.717) is 5.41 Å². The number of carbonyl (C=O) groups excluding carboxylic acids is 1. The number of nitrogens with zero attached hydrogens (tertiary/aromatic N) is 3. The van der Waals surface area contributed by atoms with Gasteiger partial charge >= 0.3 is 5.97 Å². The molecule has 4 aliphatic rings. The first-order valence-electron chi connectivity index (χ1n) is 10.7. The first kappa shape index (κ1) is 17.5. The second kappa shape index (κ2) is 6.47. The molecule has 5 nitrogen and oxygen atoms in total. The zero-order chi connectivity index (χ0) is 18.5. The Morgan fingerprint density at radius 3 is 2.70 bits per heavy atom. The molecule has 4 fully saturated rings. The van der Waals surface area contributed by atoms with Crippen LogP contribution in [0.2, 0.25) is 0 Å². The summed E-state index contributed by atoms with van der Waals surface area (Å²) in [7, 11) is 0. The van der Waals surface area contributed by atoms with Crippen molar-refractivity contribution in [3.8, 4) is 0 Å². The molecule has 3 saturated heterocycles. The van der Waals surface area contributed by atoms with E-state index in [-0.39, 0.29) is 17.5 Å². The summed E-state index contributed by atoms with van der Waals surface area (Å²) in [5.41, 5.74) is 2.78. The van der Waals surface area contributed by atoms with Gasteiger partial charge in [0.1, 0.15) is 6.10 Å². The lowest BCUT2D eigenvalue weighted by atomic mass is 9.71. The van der Waals surface area contributed by atoms with Gasteiger partial charge in [-0.3, -0.25) is 9.78 Å². The lowest BCUT2D eigenvalue weighted by molar-refractivity contribution is -0.150. The summed E-state index contributed by atoms with van der Waals surface area (Å²) in [6.45, 7) is 7.84. The molecule has 27 heavy (non-hydrogen) atoms. The second-order valence-electron chi connectivity index (χ2n) is 9.58. The highest BCUT2D eigenvalue weighted by Gasteiger charge is 2.52. The van der Waals surface area contributed by atoms with Gasteiger partial charge in [0, 0.05) is 62.1 Å². The Morgan fingerprint density at radius 1 is 1.19 bits per heavy atom. The molecule has 0 N–H and O–H groups in total. The summed E-state index contributed by atoms with van der Waals surface area (Å²) in [4.78, 5) is 21.7. The van der Waals surface area contributed by atoms with E-state index in [1.807, 2.05) is 6.20 Å². The highest BCUT2D eigenvalue weighted by molar-refractivity contribution is 5.79.